The Morgan fingerprint density at radius 2 is 1.93 bits per heavy atom. The van der Waals surface area contributed by atoms with E-state index in [9.17, 15) is 0 Å². The zero-order chi connectivity index (χ0) is 10.4. The molecule has 1 fully saturated rings. The third-order valence-corrected chi connectivity index (χ3v) is 4.13. The van der Waals surface area contributed by atoms with Crippen molar-refractivity contribution in [3.63, 3.8) is 0 Å². The van der Waals surface area contributed by atoms with Gasteiger partial charge in [-0.25, -0.2) is 0 Å². The molecule has 1 rings (SSSR count). The fourth-order valence-corrected chi connectivity index (χ4v) is 2.91. The SMILES string of the molecule is CC(C)C(CBr)COCC1CCCC1. The maximum Gasteiger partial charge on any atom is 0.0504 e. The van der Waals surface area contributed by atoms with Gasteiger partial charge in [0.2, 0.25) is 0 Å². The molecule has 0 amide bonds. The van der Waals surface area contributed by atoms with Crippen molar-refractivity contribution in [3.8, 4) is 0 Å². The van der Waals surface area contributed by atoms with Gasteiger partial charge in [0.15, 0.2) is 0 Å². The fourth-order valence-electron chi connectivity index (χ4n) is 1.98. The minimum atomic E-state index is 0.677. The molecule has 0 aromatic heterocycles. The van der Waals surface area contributed by atoms with Crippen LogP contribution in [-0.2, 0) is 4.74 Å². The van der Waals surface area contributed by atoms with Crippen molar-refractivity contribution in [1.82, 2.24) is 0 Å². The first-order valence-corrected chi connectivity index (χ1v) is 7.00. The van der Waals surface area contributed by atoms with Crippen LogP contribution in [0.15, 0.2) is 0 Å². The number of rotatable bonds is 6. The summed E-state index contributed by atoms with van der Waals surface area (Å²) in [6.45, 7) is 6.46. The molecule has 1 unspecified atom stereocenters. The summed E-state index contributed by atoms with van der Waals surface area (Å²) in [6, 6.07) is 0. The quantitative estimate of drug-likeness (QED) is 0.661. The number of halogens is 1. The zero-order valence-electron chi connectivity index (χ0n) is 9.47. The summed E-state index contributed by atoms with van der Waals surface area (Å²) in [4.78, 5) is 0. The standard InChI is InChI=1S/C12H23BrO/c1-10(2)12(7-13)9-14-8-11-5-3-4-6-11/h10-12H,3-9H2,1-2H3. The predicted octanol–water partition coefficient (Wildman–Crippen LogP) is 3.86. The molecule has 84 valence electrons. The molecule has 0 radical (unpaired) electrons. The summed E-state index contributed by atoms with van der Waals surface area (Å²) < 4.78 is 5.80. The van der Waals surface area contributed by atoms with E-state index in [1.165, 1.54) is 25.7 Å². The summed E-state index contributed by atoms with van der Waals surface area (Å²) in [5.41, 5.74) is 0. The van der Waals surface area contributed by atoms with Crippen molar-refractivity contribution in [2.75, 3.05) is 18.5 Å². The van der Waals surface area contributed by atoms with Crippen LogP contribution in [0.1, 0.15) is 39.5 Å². The van der Waals surface area contributed by atoms with Crippen molar-refractivity contribution in [2.45, 2.75) is 39.5 Å². The molecule has 2 heteroatoms. The van der Waals surface area contributed by atoms with E-state index in [4.69, 9.17) is 4.74 Å². The van der Waals surface area contributed by atoms with Crippen LogP contribution in [0.5, 0.6) is 0 Å². The highest BCUT2D eigenvalue weighted by Gasteiger charge is 2.17. The number of hydrogen-bond donors (Lipinski definition) is 0. The van der Waals surface area contributed by atoms with Gasteiger partial charge in [-0.1, -0.05) is 42.6 Å². The molecule has 0 aromatic rings. The lowest BCUT2D eigenvalue weighted by molar-refractivity contribution is 0.0668. The summed E-state index contributed by atoms with van der Waals surface area (Å²) in [5, 5.41) is 1.06. The zero-order valence-corrected chi connectivity index (χ0v) is 11.1. The molecule has 0 bridgehead atoms. The third kappa shape index (κ3) is 4.31. The summed E-state index contributed by atoms with van der Waals surface area (Å²) in [7, 11) is 0. The number of alkyl halides is 1. The van der Waals surface area contributed by atoms with Crippen molar-refractivity contribution < 1.29 is 4.74 Å². The van der Waals surface area contributed by atoms with E-state index in [-0.39, 0.29) is 0 Å². The molecule has 0 aliphatic heterocycles. The number of ether oxygens (including phenoxy) is 1. The highest BCUT2D eigenvalue weighted by atomic mass is 79.9. The van der Waals surface area contributed by atoms with Crippen LogP contribution in [0.25, 0.3) is 0 Å². The average Bonchev–Trinajstić information content (AvgIpc) is 2.64. The summed E-state index contributed by atoms with van der Waals surface area (Å²) in [5.74, 6) is 2.26. The molecule has 0 spiro atoms. The molecule has 1 atom stereocenters. The van der Waals surface area contributed by atoms with Crippen LogP contribution >= 0.6 is 15.9 Å². The largest absolute Gasteiger partial charge is 0.381 e. The molecule has 0 N–H and O–H groups in total. The Labute approximate surface area is 96.7 Å². The van der Waals surface area contributed by atoms with Crippen LogP contribution in [-0.4, -0.2) is 18.5 Å². The number of hydrogen-bond acceptors (Lipinski definition) is 1. The monoisotopic (exact) mass is 262 g/mol. The van der Waals surface area contributed by atoms with Crippen LogP contribution in [0.4, 0.5) is 0 Å². The van der Waals surface area contributed by atoms with Gasteiger partial charge in [0.05, 0.1) is 6.61 Å². The lowest BCUT2D eigenvalue weighted by atomic mass is 9.99. The molecular formula is C12H23BrO. The Balaban J connectivity index is 2.06. The van der Waals surface area contributed by atoms with Gasteiger partial charge in [-0.15, -0.1) is 0 Å². The van der Waals surface area contributed by atoms with Crippen molar-refractivity contribution in [3.05, 3.63) is 0 Å². The second-order valence-electron chi connectivity index (χ2n) is 4.85. The Morgan fingerprint density at radius 1 is 1.29 bits per heavy atom. The summed E-state index contributed by atoms with van der Waals surface area (Å²) in [6.07, 6.45) is 5.61. The second-order valence-corrected chi connectivity index (χ2v) is 5.49. The molecule has 1 nitrogen and oxygen atoms in total. The smallest absolute Gasteiger partial charge is 0.0504 e. The van der Waals surface area contributed by atoms with E-state index in [1.54, 1.807) is 0 Å². The maximum atomic E-state index is 5.80. The highest BCUT2D eigenvalue weighted by molar-refractivity contribution is 9.09. The van der Waals surface area contributed by atoms with Gasteiger partial charge in [-0.2, -0.15) is 0 Å². The predicted molar refractivity (Wildman–Crippen MR) is 64.9 cm³/mol. The molecule has 1 saturated carbocycles. The first-order chi connectivity index (χ1) is 6.74. The Bertz CT molecular complexity index is 141. The van der Waals surface area contributed by atoms with E-state index in [2.05, 4.69) is 29.8 Å². The Morgan fingerprint density at radius 3 is 2.43 bits per heavy atom. The van der Waals surface area contributed by atoms with Gasteiger partial charge >= 0.3 is 0 Å². The van der Waals surface area contributed by atoms with E-state index in [0.29, 0.717) is 5.92 Å². The molecule has 14 heavy (non-hydrogen) atoms. The van der Waals surface area contributed by atoms with E-state index in [0.717, 1.165) is 30.4 Å². The van der Waals surface area contributed by atoms with E-state index < -0.39 is 0 Å². The molecule has 0 saturated heterocycles. The van der Waals surface area contributed by atoms with Crippen LogP contribution in [0.2, 0.25) is 0 Å². The van der Waals surface area contributed by atoms with E-state index in [1.807, 2.05) is 0 Å². The highest BCUT2D eigenvalue weighted by Crippen LogP contribution is 2.25. The van der Waals surface area contributed by atoms with Gasteiger partial charge in [0.1, 0.15) is 0 Å². The van der Waals surface area contributed by atoms with Gasteiger partial charge < -0.3 is 4.74 Å². The van der Waals surface area contributed by atoms with Crippen molar-refractivity contribution in [2.24, 2.45) is 17.8 Å². The van der Waals surface area contributed by atoms with Gasteiger partial charge in [0, 0.05) is 11.9 Å². The average molecular weight is 263 g/mol. The van der Waals surface area contributed by atoms with Crippen molar-refractivity contribution >= 4 is 15.9 Å². The second kappa shape index (κ2) is 6.84. The van der Waals surface area contributed by atoms with Gasteiger partial charge in [-0.3, -0.25) is 0 Å². The maximum absolute atomic E-state index is 5.80. The normalized spacial score (nSPS) is 20.6. The Kier molecular flexibility index (Phi) is 6.11. The van der Waals surface area contributed by atoms with Gasteiger partial charge in [0.25, 0.3) is 0 Å². The molecule has 0 aromatic carbocycles. The van der Waals surface area contributed by atoms with E-state index >= 15 is 0 Å². The van der Waals surface area contributed by atoms with Crippen LogP contribution in [0, 0.1) is 17.8 Å². The van der Waals surface area contributed by atoms with Crippen LogP contribution < -0.4 is 0 Å². The van der Waals surface area contributed by atoms with Crippen LogP contribution in [0.3, 0.4) is 0 Å². The lowest BCUT2D eigenvalue weighted by Gasteiger charge is -2.19. The fraction of sp³-hybridized carbons (Fsp3) is 1.00. The Hall–Kier alpha value is 0.440. The minimum Gasteiger partial charge on any atom is -0.381 e. The topological polar surface area (TPSA) is 9.23 Å². The molecular weight excluding hydrogens is 240 g/mol. The summed E-state index contributed by atoms with van der Waals surface area (Å²) >= 11 is 3.55. The molecule has 1 aliphatic rings. The first-order valence-electron chi connectivity index (χ1n) is 5.87. The lowest BCUT2D eigenvalue weighted by Crippen LogP contribution is -2.19. The van der Waals surface area contributed by atoms with Crippen molar-refractivity contribution in [1.29, 1.82) is 0 Å². The van der Waals surface area contributed by atoms with Gasteiger partial charge in [-0.05, 0) is 30.6 Å². The minimum absolute atomic E-state index is 0.677. The molecule has 1 aliphatic carbocycles. The molecule has 0 heterocycles. The first kappa shape index (κ1) is 12.5. The third-order valence-electron chi connectivity index (χ3n) is 3.30.